The molecule has 0 aliphatic heterocycles. The second kappa shape index (κ2) is 4.41. The van der Waals surface area contributed by atoms with E-state index in [0.717, 1.165) is 19.0 Å². The average Bonchev–Trinajstić information content (AvgIpc) is 2.60. The van der Waals surface area contributed by atoms with Crippen LogP contribution >= 0.6 is 0 Å². The van der Waals surface area contributed by atoms with Crippen LogP contribution in [0.5, 0.6) is 0 Å². The zero-order valence-corrected chi connectivity index (χ0v) is 8.08. The van der Waals surface area contributed by atoms with Crippen molar-refractivity contribution in [2.75, 3.05) is 0 Å². The number of ketones is 1. The number of carbonyl (C=O) groups is 1. The summed E-state index contributed by atoms with van der Waals surface area (Å²) in [5.74, 6) is -1.95. The van der Waals surface area contributed by atoms with Crippen molar-refractivity contribution in [3.63, 3.8) is 0 Å². The molecule has 0 aliphatic rings. The summed E-state index contributed by atoms with van der Waals surface area (Å²) in [6, 6.07) is 0. The number of hydrogen-bond acceptors (Lipinski definition) is 3. The fourth-order valence-corrected chi connectivity index (χ4v) is 0.977. The minimum atomic E-state index is -4.88. The third kappa shape index (κ3) is 3.03. The van der Waals surface area contributed by atoms with E-state index in [-0.39, 0.29) is 0 Å². The molecule has 0 aliphatic carbocycles. The van der Waals surface area contributed by atoms with Crippen LogP contribution in [0, 0.1) is 0 Å². The molecule has 0 aromatic carbocycles. The molecular weight excluding hydrogens is 211 g/mol. The van der Waals surface area contributed by atoms with Gasteiger partial charge in [-0.3, -0.25) is 9.48 Å². The zero-order chi connectivity index (χ0) is 11.5. The Bertz CT molecular complexity index is 345. The Hall–Kier alpha value is -1.40. The van der Waals surface area contributed by atoms with Gasteiger partial charge in [0.1, 0.15) is 0 Å². The summed E-state index contributed by atoms with van der Waals surface area (Å²) < 4.78 is 37.1. The average molecular weight is 221 g/mol. The summed E-state index contributed by atoms with van der Waals surface area (Å²) in [7, 11) is 0. The second-order valence-corrected chi connectivity index (χ2v) is 3.05. The Balaban J connectivity index is 2.72. The summed E-state index contributed by atoms with van der Waals surface area (Å²) in [6.07, 6.45) is -2.19. The SMILES string of the molecule is CCCCn1cc(C(=O)C(F)(F)F)nn1. The van der Waals surface area contributed by atoms with Gasteiger partial charge in [-0.2, -0.15) is 13.2 Å². The molecule has 4 nitrogen and oxygen atoms in total. The first-order valence-corrected chi connectivity index (χ1v) is 4.46. The Morgan fingerprint density at radius 2 is 2.20 bits per heavy atom. The van der Waals surface area contributed by atoms with Gasteiger partial charge in [0.25, 0.3) is 5.78 Å². The Morgan fingerprint density at radius 3 is 2.73 bits per heavy atom. The highest BCUT2D eigenvalue weighted by atomic mass is 19.4. The van der Waals surface area contributed by atoms with Crippen LogP contribution in [0.15, 0.2) is 6.20 Å². The molecule has 1 rings (SSSR count). The molecule has 0 N–H and O–H groups in total. The minimum absolute atomic E-state index is 0.467. The lowest BCUT2D eigenvalue weighted by atomic mass is 10.3. The molecule has 7 heteroatoms. The lowest BCUT2D eigenvalue weighted by molar-refractivity contribution is -0.0888. The standard InChI is InChI=1S/C8H10F3N3O/c1-2-3-4-14-5-6(12-13-14)7(15)8(9,10)11/h5H,2-4H2,1H3. The van der Waals surface area contributed by atoms with Gasteiger partial charge in [-0.1, -0.05) is 18.6 Å². The van der Waals surface area contributed by atoms with Crippen molar-refractivity contribution in [2.45, 2.75) is 32.5 Å². The van der Waals surface area contributed by atoms with Gasteiger partial charge in [-0.25, -0.2) is 0 Å². The monoisotopic (exact) mass is 221 g/mol. The third-order valence-electron chi connectivity index (χ3n) is 1.77. The molecule has 0 saturated carbocycles. The molecule has 15 heavy (non-hydrogen) atoms. The first-order chi connectivity index (χ1) is 6.95. The van der Waals surface area contributed by atoms with Gasteiger partial charge < -0.3 is 0 Å². The van der Waals surface area contributed by atoms with Crippen molar-refractivity contribution in [3.8, 4) is 0 Å². The molecule has 0 amide bonds. The van der Waals surface area contributed by atoms with Crippen molar-refractivity contribution in [3.05, 3.63) is 11.9 Å². The van der Waals surface area contributed by atoms with Crippen molar-refractivity contribution in [2.24, 2.45) is 0 Å². The molecular formula is C8H10F3N3O. The van der Waals surface area contributed by atoms with Crippen molar-refractivity contribution in [1.82, 2.24) is 15.0 Å². The van der Waals surface area contributed by atoms with Crippen LogP contribution in [0.3, 0.4) is 0 Å². The molecule has 84 valence electrons. The second-order valence-electron chi connectivity index (χ2n) is 3.05. The molecule has 0 fully saturated rings. The van der Waals surface area contributed by atoms with Crippen LogP contribution in [0.1, 0.15) is 30.3 Å². The van der Waals surface area contributed by atoms with E-state index in [4.69, 9.17) is 0 Å². The van der Waals surface area contributed by atoms with Crippen LogP contribution < -0.4 is 0 Å². The highest BCUT2D eigenvalue weighted by Crippen LogP contribution is 2.19. The molecule has 0 unspecified atom stereocenters. The van der Waals surface area contributed by atoms with E-state index in [1.807, 2.05) is 6.92 Å². The van der Waals surface area contributed by atoms with Crippen LogP contribution in [0.2, 0.25) is 0 Å². The number of rotatable bonds is 4. The van der Waals surface area contributed by atoms with Gasteiger partial charge in [0.15, 0.2) is 5.69 Å². The van der Waals surface area contributed by atoms with Crippen molar-refractivity contribution in [1.29, 1.82) is 0 Å². The number of aromatic nitrogens is 3. The molecule has 0 radical (unpaired) electrons. The minimum Gasteiger partial charge on any atom is -0.282 e. The topological polar surface area (TPSA) is 47.8 Å². The van der Waals surface area contributed by atoms with E-state index in [9.17, 15) is 18.0 Å². The summed E-state index contributed by atoms with van der Waals surface area (Å²) in [5, 5.41) is 6.61. The molecule has 1 aromatic heterocycles. The number of unbranched alkanes of at least 4 members (excludes halogenated alkanes) is 1. The summed E-state index contributed by atoms with van der Waals surface area (Å²) >= 11 is 0. The van der Waals surface area contributed by atoms with E-state index in [0.29, 0.717) is 6.54 Å². The number of halogens is 3. The highest BCUT2D eigenvalue weighted by Gasteiger charge is 2.41. The Morgan fingerprint density at radius 1 is 1.53 bits per heavy atom. The fourth-order valence-electron chi connectivity index (χ4n) is 0.977. The summed E-state index contributed by atoms with van der Waals surface area (Å²) in [6.45, 7) is 2.41. The molecule has 1 heterocycles. The number of nitrogens with zero attached hydrogens (tertiary/aromatic N) is 3. The lowest BCUT2D eigenvalue weighted by Gasteiger charge is -2.00. The normalized spacial score (nSPS) is 11.7. The van der Waals surface area contributed by atoms with E-state index in [2.05, 4.69) is 10.3 Å². The first-order valence-electron chi connectivity index (χ1n) is 4.46. The smallest absolute Gasteiger partial charge is 0.282 e. The van der Waals surface area contributed by atoms with Crippen LogP contribution in [-0.4, -0.2) is 27.0 Å². The summed E-state index contributed by atoms with van der Waals surface area (Å²) in [4.78, 5) is 10.7. The maximum atomic E-state index is 12.0. The number of alkyl halides is 3. The maximum Gasteiger partial charge on any atom is 0.456 e. The Labute approximate surface area is 84.1 Å². The molecule has 0 spiro atoms. The van der Waals surface area contributed by atoms with Gasteiger partial charge >= 0.3 is 6.18 Å². The van der Waals surface area contributed by atoms with Crippen LogP contribution in [-0.2, 0) is 6.54 Å². The Kier molecular flexibility index (Phi) is 3.43. The quantitative estimate of drug-likeness (QED) is 0.728. The van der Waals surface area contributed by atoms with Crippen LogP contribution in [0.4, 0.5) is 13.2 Å². The fraction of sp³-hybridized carbons (Fsp3) is 0.625. The van der Waals surface area contributed by atoms with Crippen molar-refractivity contribution >= 4 is 5.78 Å². The number of Topliss-reactive ketones (excluding diaryl/α,β-unsaturated/α-hetero) is 1. The van der Waals surface area contributed by atoms with Gasteiger partial charge in [0.2, 0.25) is 0 Å². The zero-order valence-electron chi connectivity index (χ0n) is 8.08. The van der Waals surface area contributed by atoms with Crippen LogP contribution in [0.25, 0.3) is 0 Å². The third-order valence-corrected chi connectivity index (χ3v) is 1.77. The number of aryl methyl sites for hydroxylation is 1. The number of carbonyl (C=O) groups excluding carboxylic acids is 1. The van der Waals surface area contributed by atoms with Crippen molar-refractivity contribution < 1.29 is 18.0 Å². The van der Waals surface area contributed by atoms with Gasteiger partial charge in [0.05, 0.1) is 6.20 Å². The van der Waals surface area contributed by atoms with Gasteiger partial charge in [-0.15, -0.1) is 5.10 Å². The van der Waals surface area contributed by atoms with E-state index in [1.165, 1.54) is 4.68 Å². The van der Waals surface area contributed by atoms with Gasteiger partial charge in [0, 0.05) is 6.54 Å². The molecule has 1 aromatic rings. The predicted octanol–water partition coefficient (Wildman–Crippen LogP) is 1.82. The summed E-state index contributed by atoms with van der Waals surface area (Å²) in [5.41, 5.74) is -0.654. The number of hydrogen-bond donors (Lipinski definition) is 0. The lowest BCUT2D eigenvalue weighted by Crippen LogP contribution is -2.23. The molecule has 0 saturated heterocycles. The predicted molar refractivity (Wildman–Crippen MR) is 45.3 cm³/mol. The van der Waals surface area contributed by atoms with Gasteiger partial charge in [-0.05, 0) is 6.42 Å². The first kappa shape index (κ1) is 11.7. The maximum absolute atomic E-state index is 12.0. The highest BCUT2D eigenvalue weighted by molar-refractivity contribution is 5.98. The van der Waals surface area contributed by atoms with E-state index < -0.39 is 17.7 Å². The van der Waals surface area contributed by atoms with E-state index >= 15 is 0 Å². The van der Waals surface area contributed by atoms with E-state index in [1.54, 1.807) is 0 Å². The molecule has 0 atom stereocenters. The largest absolute Gasteiger partial charge is 0.456 e. The molecule has 0 bridgehead atoms.